The van der Waals surface area contributed by atoms with Crippen LogP contribution in [0.1, 0.15) is 65.1 Å². The summed E-state index contributed by atoms with van der Waals surface area (Å²) in [5.41, 5.74) is 5.40. The van der Waals surface area contributed by atoms with E-state index in [1.807, 2.05) is 51.1 Å². The van der Waals surface area contributed by atoms with Crippen molar-refractivity contribution >= 4 is 23.2 Å². The van der Waals surface area contributed by atoms with Gasteiger partial charge < -0.3 is 14.0 Å². The van der Waals surface area contributed by atoms with Gasteiger partial charge in [-0.15, -0.1) is 0 Å². The number of ether oxygens (including phenoxy) is 2. The summed E-state index contributed by atoms with van der Waals surface area (Å²) in [5.74, 6) is 0.156. The highest BCUT2D eigenvalue weighted by Gasteiger charge is 2.21. The van der Waals surface area contributed by atoms with Gasteiger partial charge in [0.25, 0.3) is 0 Å². The van der Waals surface area contributed by atoms with E-state index in [2.05, 4.69) is 23.8 Å². The molecule has 188 valence electrons. The topological polar surface area (TPSA) is 81.3 Å². The van der Waals surface area contributed by atoms with Gasteiger partial charge in [-0.25, -0.2) is 4.79 Å². The molecule has 37 heavy (non-hydrogen) atoms. The molecule has 3 aromatic carbocycles. The first kappa shape index (κ1) is 25.7. The van der Waals surface area contributed by atoms with Gasteiger partial charge in [0.2, 0.25) is 0 Å². The van der Waals surface area contributed by atoms with E-state index in [1.165, 1.54) is 0 Å². The van der Waals surface area contributed by atoms with Crippen molar-refractivity contribution in [2.75, 3.05) is 7.11 Å². The lowest BCUT2D eigenvalue weighted by molar-refractivity contribution is 0.00695. The molecule has 0 atom stereocenters. The van der Waals surface area contributed by atoms with Gasteiger partial charge >= 0.3 is 5.97 Å². The molecule has 0 radical (unpaired) electrons. The van der Waals surface area contributed by atoms with Crippen LogP contribution in [0.15, 0.2) is 60.8 Å². The van der Waals surface area contributed by atoms with E-state index >= 15 is 0 Å². The molecule has 0 saturated carbocycles. The smallest absolute Gasteiger partial charge is 0.338 e. The summed E-state index contributed by atoms with van der Waals surface area (Å²) in [6.45, 7) is 8.32. The molecule has 0 saturated heterocycles. The zero-order valence-electron chi connectivity index (χ0n) is 21.8. The van der Waals surface area contributed by atoms with E-state index in [0.717, 1.165) is 40.4 Å². The summed E-state index contributed by atoms with van der Waals surface area (Å²) in [6.07, 6.45) is 3.48. The van der Waals surface area contributed by atoms with E-state index in [4.69, 9.17) is 9.47 Å². The Morgan fingerprint density at radius 3 is 2.46 bits per heavy atom. The van der Waals surface area contributed by atoms with Crippen LogP contribution < -0.4 is 4.74 Å². The Balaban J connectivity index is 1.87. The van der Waals surface area contributed by atoms with E-state index in [0.29, 0.717) is 34.4 Å². The second-order valence-electron chi connectivity index (χ2n) is 9.91. The maximum Gasteiger partial charge on any atom is 0.338 e. The second kappa shape index (κ2) is 10.3. The molecule has 0 aliphatic carbocycles. The lowest BCUT2D eigenvalue weighted by atomic mass is 9.90. The van der Waals surface area contributed by atoms with Crippen LogP contribution in [0.2, 0.25) is 0 Å². The average molecular weight is 495 g/mol. The highest BCUT2D eigenvalue weighted by molar-refractivity contribution is 5.95. The molecule has 0 fully saturated rings. The van der Waals surface area contributed by atoms with Crippen LogP contribution in [0.4, 0.5) is 0 Å². The molecule has 1 heterocycles. The van der Waals surface area contributed by atoms with Crippen molar-refractivity contribution in [2.24, 2.45) is 0 Å². The monoisotopic (exact) mass is 494 g/mol. The lowest BCUT2D eigenvalue weighted by Crippen LogP contribution is -2.24. The van der Waals surface area contributed by atoms with Gasteiger partial charge in [0.15, 0.2) is 6.29 Å². The van der Waals surface area contributed by atoms with E-state index in [-0.39, 0.29) is 0 Å². The molecule has 0 amide bonds. The third-order valence-corrected chi connectivity index (χ3v) is 6.24. The standard InChI is InChI=1S/C31H30N2O4/c1-6-33-18-23(27-11-7-20(17-32)13-29(27)33)14-21-8-9-22(30(35)37-31(2,3)4)16-28(21)26-12-10-25(36-5)15-24(26)19-34/h7-13,15-16,18-19H,6,14H2,1-5H3. The maximum absolute atomic E-state index is 12.9. The number of aldehydes is 1. The number of hydrogen-bond donors (Lipinski definition) is 0. The Labute approximate surface area is 217 Å². The third-order valence-electron chi connectivity index (χ3n) is 6.24. The Hall–Kier alpha value is -4.37. The van der Waals surface area contributed by atoms with Crippen LogP contribution in [0.25, 0.3) is 22.0 Å². The molecular weight excluding hydrogens is 464 g/mol. The summed E-state index contributed by atoms with van der Waals surface area (Å²) in [7, 11) is 1.55. The SMILES string of the molecule is CCn1cc(Cc2ccc(C(=O)OC(C)(C)C)cc2-c2ccc(OC)cc2C=O)c2ccc(C#N)cc21. The van der Waals surface area contributed by atoms with Crippen LogP contribution in [-0.4, -0.2) is 29.5 Å². The van der Waals surface area contributed by atoms with Gasteiger partial charge in [0, 0.05) is 35.6 Å². The molecule has 0 spiro atoms. The molecule has 0 aliphatic heterocycles. The first-order valence-corrected chi connectivity index (χ1v) is 12.2. The summed E-state index contributed by atoms with van der Waals surface area (Å²) in [6, 6.07) is 18.8. The van der Waals surface area contributed by atoms with Crippen LogP contribution >= 0.6 is 0 Å². The number of nitriles is 1. The van der Waals surface area contributed by atoms with Crippen molar-refractivity contribution < 1.29 is 19.1 Å². The van der Waals surface area contributed by atoms with E-state index in [1.54, 1.807) is 31.4 Å². The molecule has 4 rings (SSSR count). The second-order valence-corrected chi connectivity index (χ2v) is 9.91. The third kappa shape index (κ3) is 5.41. The minimum absolute atomic E-state index is 0.413. The zero-order chi connectivity index (χ0) is 26.7. The molecule has 6 heteroatoms. The van der Waals surface area contributed by atoms with Crippen LogP contribution in [0, 0.1) is 11.3 Å². The number of hydrogen-bond acceptors (Lipinski definition) is 5. The fourth-order valence-corrected chi connectivity index (χ4v) is 4.50. The maximum atomic E-state index is 12.9. The van der Waals surface area contributed by atoms with Crippen molar-refractivity contribution in [3.63, 3.8) is 0 Å². The van der Waals surface area contributed by atoms with Gasteiger partial charge in [0.05, 0.1) is 24.3 Å². The fourth-order valence-electron chi connectivity index (χ4n) is 4.50. The highest BCUT2D eigenvalue weighted by Crippen LogP contribution is 2.34. The first-order valence-electron chi connectivity index (χ1n) is 12.2. The number of benzene rings is 3. The van der Waals surface area contributed by atoms with Crippen LogP contribution in [-0.2, 0) is 17.7 Å². The normalized spacial score (nSPS) is 11.2. The van der Waals surface area contributed by atoms with E-state index < -0.39 is 11.6 Å². The number of aryl methyl sites for hydroxylation is 1. The number of aromatic nitrogens is 1. The van der Waals surface area contributed by atoms with Gasteiger partial charge in [-0.05, 0) is 92.4 Å². The number of carbonyl (C=O) groups excluding carboxylic acids is 2. The fraction of sp³-hybridized carbons (Fsp3) is 0.258. The van der Waals surface area contributed by atoms with Crippen molar-refractivity contribution in [1.82, 2.24) is 4.57 Å². The number of methoxy groups -OCH3 is 1. The molecule has 4 aromatic rings. The summed E-state index contributed by atoms with van der Waals surface area (Å²) in [5, 5.41) is 10.4. The summed E-state index contributed by atoms with van der Waals surface area (Å²) < 4.78 is 13.0. The van der Waals surface area contributed by atoms with Crippen molar-refractivity contribution in [1.29, 1.82) is 5.26 Å². The number of rotatable bonds is 7. The molecule has 0 aliphatic rings. The predicted molar refractivity (Wildman–Crippen MR) is 144 cm³/mol. The number of esters is 1. The van der Waals surface area contributed by atoms with Crippen molar-refractivity contribution in [3.8, 4) is 22.9 Å². The highest BCUT2D eigenvalue weighted by atomic mass is 16.6. The molecule has 0 unspecified atom stereocenters. The van der Waals surface area contributed by atoms with Gasteiger partial charge in [0.1, 0.15) is 11.4 Å². The Morgan fingerprint density at radius 2 is 1.81 bits per heavy atom. The Kier molecular flexibility index (Phi) is 7.17. The van der Waals surface area contributed by atoms with E-state index in [9.17, 15) is 14.9 Å². The van der Waals surface area contributed by atoms with Crippen molar-refractivity contribution in [2.45, 2.75) is 46.3 Å². The summed E-state index contributed by atoms with van der Waals surface area (Å²) in [4.78, 5) is 24.9. The number of fused-ring (bicyclic) bond motifs is 1. The number of nitrogens with zero attached hydrogens (tertiary/aromatic N) is 2. The van der Waals surface area contributed by atoms with Gasteiger partial charge in [-0.2, -0.15) is 5.26 Å². The minimum atomic E-state index is -0.631. The Bertz CT molecular complexity index is 1530. The Morgan fingerprint density at radius 1 is 1.03 bits per heavy atom. The van der Waals surface area contributed by atoms with Gasteiger partial charge in [-0.1, -0.05) is 12.1 Å². The van der Waals surface area contributed by atoms with Gasteiger partial charge in [-0.3, -0.25) is 4.79 Å². The van der Waals surface area contributed by atoms with Crippen molar-refractivity contribution in [3.05, 3.63) is 88.6 Å². The quantitative estimate of drug-likeness (QED) is 0.214. The minimum Gasteiger partial charge on any atom is -0.497 e. The molecule has 0 N–H and O–H groups in total. The average Bonchev–Trinajstić information content (AvgIpc) is 3.24. The first-order chi connectivity index (χ1) is 17.7. The molecule has 6 nitrogen and oxygen atoms in total. The molecule has 0 bridgehead atoms. The molecule has 1 aromatic heterocycles. The predicted octanol–water partition coefficient (Wildman–Crippen LogP) is 6.57. The summed E-state index contributed by atoms with van der Waals surface area (Å²) >= 11 is 0. The van der Waals surface area contributed by atoms with Crippen LogP contribution in [0.3, 0.4) is 0 Å². The van der Waals surface area contributed by atoms with Crippen LogP contribution in [0.5, 0.6) is 5.75 Å². The largest absolute Gasteiger partial charge is 0.497 e. The molecular formula is C31H30N2O4. The lowest BCUT2D eigenvalue weighted by Gasteiger charge is -2.20. The number of carbonyl (C=O) groups is 2. The zero-order valence-corrected chi connectivity index (χ0v) is 21.8.